The van der Waals surface area contributed by atoms with Crippen LogP contribution >= 0.6 is 0 Å². The number of carbonyl (C=O) groups excluding carboxylic acids is 2. The van der Waals surface area contributed by atoms with Crippen molar-refractivity contribution in [2.75, 3.05) is 38.0 Å². The van der Waals surface area contributed by atoms with Crippen LogP contribution in [0.4, 0.5) is 5.82 Å². The molecule has 0 atom stereocenters. The number of nitrogens with zero attached hydrogens (tertiary/aromatic N) is 5. The highest BCUT2D eigenvalue weighted by molar-refractivity contribution is 6.07. The molecule has 4 aromatic rings. The number of aryl methyl sites for hydroxylation is 1. The summed E-state index contributed by atoms with van der Waals surface area (Å²) in [7, 11) is 0. The van der Waals surface area contributed by atoms with Gasteiger partial charge in [-0.15, -0.1) is 0 Å². The molecule has 4 heterocycles. The molecule has 172 valence electrons. The van der Waals surface area contributed by atoms with Gasteiger partial charge in [-0.1, -0.05) is 23.4 Å². The summed E-state index contributed by atoms with van der Waals surface area (Å²) in [6.45, 7) is 4.29. The maximum atomic E-state index is 13.5. The normalized spacial score (nSPS) is 14.3. The number of aromatic nitrogens is 3. The number of hydrogen-bond acceptors (Lipinski definition) is 7. The van der Waals surface area contributed by atoms with Crippen molar-refractivity contribution in [2.45, 2.75) is 6.92 Å². The van der Waals surface area contributed by atoms with E-state index in [-0.39, 0.29) is 18.4 Å². The van der Waals surface area contributed by atoms with Crippen LogP contribution in [0.1, 0.15) is 16.1 Å². The summed E-state index contributed by atoms with van der Waals surface area (Å²) in [5.74, 6) is 0.850. The van der Waals surface area contributed by atoms with Crippen LogP contribution in [-0.2, 0) is 4.79 Å². The predicted octanol–water partition coefficient (Wildman–Crippen LogP) is 2.99. The molecule has 0 unspecified atom stereocenters. The first-order valence-corrected chi connectivity index (χ1v) is 11.1. The number of para-hydroxylation sites is 1. The Morgan fingerprint density at radius 1 is 1.06 bits per heavy atom. The lowest BCUT2D eigenvalue weighted by Gasteiger charge is -2.34. The van der Waals surface area contributed by atoms with Crippen molar-refractivity contribution < 1.29 is 14.1 Å². The second-order valence-corrected chi connectivity index (χ2v) is 8.25. The number of nitrogens with one attached hydrogen (secondary N) is 1. The van der Waals surface area contributed by atoms with Crippen molar-refractivity contribution in [2.24, 2.45) is 0 Å². The van der Waals surface area contributed by atoms with Crippen molar-refractivity contribution >= 4 is 28.5 Å². The summed E-state index contributed by atoms with van der Waals surface area (Å²) >= 11 is 0. The number of amides is 2. The van der Waals surface area contributed by atoms with Crippen LogP contribution in [0.2, 0.25) is 0 Å². The molecule has 1 saturated heterocycles. The molecule has 34 heavy (non-hydrogen) atoms. The van der Waals surface area contributed by atoms with Gasteiger partial charge in [-0.05, 0) is 31.2 Å². The van der Waals surface area contributed by atoms with Crippen molar-refractivity contribution in [3.63, 3.8) is 0 Å². The molecule has 0 bridgehead atoms. The molecule has 0 aliphatic carbocycles. The molecule has 5 rings (SSSR count). The van der Waals surface area contributed by atoms with E-state index in [0.29, 0.717) is 49.0 Å². The minimum absolute atomic E-state index is 0.0362. The number of hydrogen-bond donors (Lipinski definition) is 1. The van der Waals surface area contributed by atoms with Gasteiger partial charge in [0.05, 0.1) is 23.3 Å². The second kappa shape index (κ2) is 9.40. The van der Waals surface area contributed by atoms with Crippen LogP contribution in [0.15, 0.2) is 65.4 Å². The van der Waals surface area contributed by atoms with Crippen LogP contribution in [0.3, 0.4) is 0 Å². The zero-order valence-corrected chi connectivity index (χ0v) is 18.8. The van der Waals surface area contributed by atoms with Crippen molar-refractivity contribution in [3.8, 4) is 11.3 Å². The molecule has 9 heteroatoms. The summed E-state index contributed by atoms with van der Waals surface area (Å²) in [5.41, 5.74) is 2.97. The Hall–Kier alpha value is -4.11. The van der Waals surface area contributed by atoms with Crippen molar-refractivity contribution in [1.29, 1.82) is 0 Å². The molecular formula is C25H24N6O3. The lowest BCUT2D eigenvalue weighted by Crippen LogP contribution is -2.50. The minimum Gasteiger partial charge on any atom is -0.360 e. The Balaban J connectivity index is 1.29. The number of pyridine rings is 2. The van der Waals surface area contributed by atoms with Crippen molar-refractivity contribution in [3.05, 3.63) is 72.2 Å². The Bertz CT molecular complexity index is 1330. The fourth-order valence-electron chi connectivity index (χ4n) is 4.10. The topological polar surface area (TPSA) is 104 Å². The Labute approximate surface area is 196 Å². The molecule has 3 aromatic heterocycles. The predicted molar refractivity (Wildman–Crippen MR) is 127 cm³/mol. The zero-order valence-electron chi connectivity index (χ0n) is 18.8. The van der Waals surface area contributed by atoms with Gasteiger partial charge in [0.25, 0.3) is 5.91 Å². The highest BCUT2D eigenvalue weighted by Gasteiger charge is 2.25. The molecule has 1 aromatic carbocycles. The van der Waals surface area contributed by atoms with E-state index in [4.69, 9.17) is 9.51 Å². The fourth-order valence-corrected chi connectivity index (χ4v) is 4.10. The van der Waals surface area contributed by atoms with E-state index >= 15 is 0 Å². The first-order valence-electron chi connectivity index (χ1n) is 11.1. The number of anilines is 1. The van der Waals surface area contributed by atoms with E-state index in [1.54, 1.807) is 25.4 Å². The highest BCUT2D eigenvalue weighted by Crippen LogP contribution is 2.26. The Kier molecular flexibility index (Phi) is 6.01. The SMILES string of the molecule is Cc1cc(NC(=O)CN2CCN(C(=O)c3cc(-c4cccnc4)nc4ccccc34)CC2)no1. The molecule has 0 spiro atoms. The quantitative estimate of drug-likeness (QED) is 0.492. The van der Waals surface area contributed by atoms with Gasteiger partial charge in [0.1, 0.15) is 5.76 Å². The van der Waals surface area contributed by atoms with E-state index in [1.807, 2.05) is 52.3 Å². The number of rotatable bonds is 5. The van der Waals surface area contributed by atoms with Crippen LogP contribution in [0.25, 0.3) is 22.2 Å². The summed E-state index contributed by atoms with van der Waals surface area (Å²) in [6.07, 6.45) is 3.46. The molecule has 1 aliphatic rings. The van der Waals surface area contributed by atoms with Gasteiger partial charge >= 0.3 is 0 Å². The molecule has 1 N–H and O–H groups in total. The lowest BCUT2D eigenvalue weighted by molar-refractivity contribution is -0.117. The molecule has 2 amide bonds. The molecule has 1 aliphatic heterocycles. The number of benzene rings is 1. The Morgan fingerprint density at radius 3 is 2.62 bits per heavy atom. The van der Waals surface area contributed by atoms with Gasteiger partial charge in [-0.3, -0.25) is 19.5 Å². The standard InChI is InChI=1S/C25H24N6O3/c1-17-13-23(29-34-17)28-24(32)16-30-9-11-31(12-10-30)25(33)20-14-22(18-5-4-8-26-15-18)27-21-7-3-2-6-19(20)21/h2-8,13-15H,9-12,16H2,1H3,(H,28,29,32). The molecule has 9 nitrogen and oxygen atoms in total. The fraction of sp³-hybridized carbons (Fsp3) is 0.240. The average Bonchev–Trinajstić information content (AvgIpc) is 3.28. The molecule has 1 fully saturated rings. The number of carbonyl (C=O) groups is 2. The van der Waals surface area contributed by atoms with E-state index in [0.717, 1.165) is 16.5 Å². The van der Waals surface area contributed by atoms with Crippen LogP contribution < -0.4 is 5.32 Å². The third-order valence-corrected chi connectivity index (χ3v) is 5.83. The lowest BCUT2D eigenvalue weighted by atomic mass is 10.0. The van der Waals surface area contributed by atoms with Gasteiger partial charge in [-0.2, -0.15) is 0 Å². The third kappa shape index (κ3) is 4.65. The first kappa shape index (κ1) is 21.7. The van der Waals surface area contributed by atoms with Crippen molar-refractivity contribution in [1.82, 2.24) is 24.9 Å². The van der Waals surface area contributed by atoms with Crippen LogP contribution in [-0.4, -0.2) is 69.5 Å². The van der Waals surface area contributed by atoms with Gasteiger partial charge < -0.3 is 14.7 Å². The van der Waals surface area contributed by atoms with E-state index in [1.165, 1.54) is 0 Å². The van der Waals surface area contributed by atoms with E-state index < -0.39 is 0 Å². The maximum Gasteiger partial charge on any atom is 0.254 e. The van der Waals surface area contributed by atoms with Gasteiger partial charge in [0.2, 0.25) is 5.91 Å². The van der Waals surface area contributed by atoms with Crippen LogP contribution in [0, 0.1) is 6.92 Å². The third-order valence-electron chi connectivity index (χ3n) is 5.83. The van der Waals surface area contributed by atoms with E-state index in [2.05, 4.69) is 15.5 Å². The molecular weight excluding hydrogens is 432 g/mol. The number of fused-ring (bicyclic) bond motifs is 1. The minimum atomic E-state index is -0.158. The molecule has 0 radical (unpaired) electrons. The van der Waals surface area contributed by atoms with Gasteiger partial charge in [0.15, 0.2) is 5.82 Å². The second-order valence-electron chi connectivity index (χ2n) is 8.25. The summed E-state index contributed by atoms with van der Waals surface area (Å²) < 4.78 is 4.97. The summed E-state index contributed by atoms with van der Waals surface area (Å²) in [4.78, 5) is 38.6. The summed E-state index contributed by atoms with van der Waals surface area (Å²) in [5, 5.41) is 7.34. The molecule has 0 saturated carbocycles. The average molecular weight is 457 g/mol. The van der Waals surface area contributed by atoms with Crippen LogP contribution in [0.5, 0.6) is 0 Å². The zero-order chi connectivity index (χ0) is 23.5. The smallest absolute Gasteiger partial charge is 0.254 e. The monoisotopic (exact) mass is 456 g/mol. The summed E-state index contributed by atoms with van der Waals surface area (Å²) in [6, 6.07) is 15.0. The van der Waals surface area contributed by atoms with E-state index in [9.17, 15) is 9.59 Å². The number of piperazine rings is 1. The highest BCUT2D eigenvalue weighted by atomic mass is 16.5. The first-order chi connectivity index (χ1) is 16.6. The maximum absolute atomic E-state index is 13.5. The largest absolute Gasteiger partial charge is 0.360 e. The van der Waals surface area contributed by atoms with Gasteiger partial charge in [-0.25, -0.2) is 4.98 Å². The Morgan fingerprint density at radius 2 is 1.88 bits per heavy atom. The van der Waals surface area contributed by atoms with Gasteiger partial charge in [0, 0.05) is 55.6 Å².